The minimum atomic E-state index is -0.427. The van der Waals surface area contributed by atoms with Crippen molar-refractivity contribution in [2.75, 3.05) is 13.2 Å². The molecule has 1 aromatic carbocycles. The van der Waals surface area contributed by atoms with Crippen molar-refractivity contribution < 1.29 is 19.0 Å². The number of aliphatic hydroxyl groups excluding tert-OH is 1. The van der Waals surface area contributed by atoms with Gasteiger partial charge in [-0.05, 0) is 51.2 Å². The molecular formula is C26H29ClFN5O3. The lowest BCUT2D eigenvalue weighted by atomic mass is 9.99. The van der Waals surface area contributed by atoms with E-state index >= 15 is 0 Å². The molecule has 6 rings (SSSR count). The molecular weight excluding hydrogens is 485 g/mol. The van der Waals surface area contributed by atoms with Crippen LogP contribution in [0.3, 0.4) is 0 Å². The molecule has 2 fully saturated rings. The van der Waals surface area contributed by atoms with Crippen LogP contribution in [-0.2, 0) is 13.1 Å². The number of carbonyl (C=O) groups excluding carboxylic acids is 1. The van der Waals surface area contributed by atoms with Gasteiger partial charge >= 0.3 is 0 Å². The lowest BCUT2D eigenvalue weighted by Crippen LogP contribution is -2.46. The maximum absolute atomic E-state index is 14.3. The zero-order valence-corrected chi connectivity index (χ0v) is 20.9. The number of rotatable bonds is 6. The van der Waals surface area contributed by atoms with Gasteiger partial charge in [-0.15, -0.1) is 0 Å². The second kappa shape index (κ2) is 9.28. The minimum Gasteiger partial charge on any atom is -0.489 e. The number of aromatic nitrogens is 3. The molecule has 2 bridgehead atoms. The summed E-state index contributed by atoms with van der Waals surface area (Å²) in [5, 5.41) is 14.3. The Hall–Kier alpha value is -2.75. The van der Waals surface area contributed by atoms with Crippen LogP contribution in [0.4, 0.5) is 4.39 Å². The van der Waals surface area contributed by atoms with Crippen LogP contribution in [-0.4, -0.2) is 66.8 Å². The Morgan fingerprint density at radius 3 is 2.78 bits per heavy atom. The number of aryl methyl sites for hydroxylation is 1. The van der Waals surface area contributed by atoms with Crippen LogP contribution in [0.15, 0.2) is 24.4 Å². The number of aliphatic hydroxyl groups is 1. The average molecular weight is 514 g/mol. The Bertz CT molecular complexity index is 1320. The third-order valence-electron chi connectivity index (χ3n) is 7.78. The lowest BCUT2D eigenvalue weighted by Gasteiger charge is -2.39. The highest BCUT2D eigenvalue weighted by Crippen LogP contribution is 2.38. The van der Waals surface area contributed by atoms with Crippen molar-refractivity contribution in [1.82, 2.24) is 24.4 Å². The highest BCUT2D eigenvalue weighted by atomic mass is 35.5. The largest absolute Gasteiger partial charge is 0.489 e. The SMILES string of the molecule is Cc1nc2c3c(nn2cc1Cl)CN(C(=O)c1ccc(F)cc1OC1C[C@H]2CC[C@@H](C1)N2CCCO)C3. The fraction of sp³-hybridized carbons (Fsp3) is 0.500. The van der Waals surface area contributed by atoms with E-state index in [0.29, 0.717) is 52.8 Å². The zero-order valence-electron chi connectivity index (χ0n) is 20.2. The molecule has 190 valence electrons. The molecule has 1 N–H and O–H groups in total. The number of fused-ring (bicyclic) bond motifs is 5. The van der Waals surface area contributed by atoms with Gasteiger partial charge in [0, 0.05) is 36.9 Å². The van der Waals surface area contributed by atoms with Gasteiger partial charge in [0.2, 0.25) is 0 Å². The molecule has 0 saturated carbocycles. The summed E-state index contributed by atoms with van der Waals surface area (Å²) in [5.74, 6) is -0.341. The summed E-state index contributed by atoms with van der Waals surface area (Å²) in [6.45, 7) is 3.64. The Morgan fingerprint density at radius 1 is 1.25 bits per heavy atom. The topological polar surface area (TPSA) is 83.2 Å². The molecule has 3 aliphatic heterocycles. The third-order valence-corrected chi connectivity index (χ3v) is 8.15. The third kappa shape index (κ3) is 4.13. The van der Waals surface area contributed by atoms with E-state index in [0.717, 1.165) is 49.9 Å². The molecule has 0 aliphatic carbocycles. The van der Waals surface area contributed by atoms with Gasteiger partial charge in [0.15, 0.2) is 5.65 Å². The van der Waals surface area contributed by atoms with Crippen LogP contribution < -0.4 is 4.74 Å². The Kier molecular flexibility index (Phi) is 6.09. The number of hydrogen-bond donors (Lipinski definition) is 1. The Morgan fingerprint density at radius 2 is 2.03 bits per heavy atom. The molecule has 1 unspecified atom stereocenters. The number of amides is 1. The molecule has 0 radical (unpaired) electrons. The summed E-state index contributed by atoms with van der Waals surface area (Å²) in [5.41, 5.74) is 3.46. The summed E-state index contributed by atoms with van der Waals surface area (Å²) in [7, 11) is 0. The number of halogens is 2. The molecule has 3 aromatic rings. The summed E-state index contributed by atoms with van der Waals surface area (Å²) in [6.07, 6.45) is 6.33. The van der Waals surface area contributed by atoms with Crippen LogP contribution in [0, 0.1) is 12.7 Å². The number of ether oxygens (including phenoxy) is 1. The Labute approximate surface area is 213 Å². The summed E-state index contributed by atoms with van der Waals surface area (Å²) in [4.78, 5) is 22.3. The number of hydrogen-bond acceptors (Lipinski definition) is 6. The second-order valence-corrected chi connectivity index (χ2v) is 10.5. The zero-order chi connectivity index (χ0) is 25.0. The quantitative estimate of drug-likeness (QED) is 0.540. The molecule has 2 saturated heterocycles. The first-order valence-electron chi connectivity index (χ1n) is 12.6. The molecule has 3 atom stereocenters. The van der Waals surface area contributed by atoms with Crippen LogP contribution in [0.1, 0.15) is 59.4 Å². The second-order valence-electron chi connectivity index (χ2n) is 10.1. The molecule has 2 aromatic heterocycles. The standard InChI is InChI=1S/C26H29ClFN5O3/c1-15-22(27)13-33-25(29-15)21-12-31(14-23(21)30-33)26(35)20-6-3-16(28)9-24(20)36-19-10-17-4-5-18(11-19)32(17)7-2-8-34/h3,6,9,13,17-19,34H,2,4-5,7-8,10-12,14H2,1H3/t17-,18+,19?. The summed E-state index contributed by atoms with van der Waals surface area (Å²) in [6, 6.07) is 4.96. The smallest absolute Gasteiger partial charge is 0.258 e. The van der Waals surface area contributed by atoms with Crippen molar-refractivity contribution in [3.05, 3.63) is 57.8 Å². The van der Waals surface area contributed by atoms with Gasteiger partial charge in [-0.2, -0.15) is 5.10 Å². The van der Waals surface area contributed by atoms with Gasteiger partial charge < -0.3 is 14.7 Å². The van der Waals surface area contributed by atoms with E-state index in [4.69, 9.17) is 16.3 Å². The van der Waals surface area contributed by atoms with E-state index in [1.54, 1.807) is 15.6 Å². The molecule has 1 amide bonds. The normalized spacial score (nSPS) is 23.4. The average Bonchev–Trinajstić information content (AvgIpc) is 3.47. The Balaban J connectivity index is 1.20. The first kappa shape index (κ1) is 23.6. The number of piperidine rings is 1. The van der Waals surface area contributed by atoms with Crippen LogP contribution in [0.2, 0.25) is 5.02 Å². The maximum atomic E-state index is 14.3. The van der Waals surface area contributed by atoms with Gasteiger partial charge in [0.1, 0.15) is 17.7 Å². The van der Waals surface area contributed by atoms with Gasteiger partial charge in [0.05, 0.1) is 41.3 Å². The molecule has 36 heavy (non-hydrogen) atoms. The first-order chi connectivity index (χ1) is 17.4. The van der Waals surface area contributed by atoms with Crippen molar-refractivity contribution >= 4 is 23.2 Å². The minimum absolute atomic E-state index is 0.0712. The van der Waals surface area contributed by atoms with E-state index in [-0.39, 0.29) is 18.6 Å². The van der Waals surface area contributed by atoms with Crippen molar-refractivity contribution in [3.8, 4) is 5.75 Å². The van der Waals surface area contributed by atoms with E-state index in [9.17, 15) is 14.3 Å². The van der Waals surface area contributed by atoms with E-state index in [1.165, 1.54) is 18.2 Å². The summed E-state index contributed by atoms with van der Waals surface area (Å²) < 4.78 is 22.2. The maximum Gasteiger partial charge on any atom is 0.258 e. The predicted octanol–water partition coefficient (Wildman–Crippen LogP) is 3.74. The summed E-state index contributed by atoms with van der Waals surface area (Å²) >= 11 is 6.19. The van der Waals surface area contributed by atoms with E-state index in [2.05, 4.69) is 15.0 Å². The lowest BCUT2D eigenvalue weighted by molar-refractivity contribution is 0.0445. The molecule has 10 heteroatoms. The highest BCUT2D eigenvalue weighted by molar-refractivity contribution is 6.31. The molecule has 5 heterocycles. The van der Waals surface area contributed by atoms with Crippen LogP contribution >= 0.6 is 11.6 Å². The molecule has 0 spiro atoms. The highest BCUT2D eigenvalue weighted by Gasteiger charge is 2.41. The van der Waals surface area contributed by atoms with Gasteiger partial charge in [-0.25, -0.2) is 13.9 Å². The predicted molar refractivity (Wildman–Crippen MR) is 132 cm³/mol. The van der Waals surface area contributed by atoms with Gasteiger partial charge in [-0.3, -0.25) is 9.69 Å². The monoisotopic (exact) mass is 513 g/mol. The van der Waals surface area contributed by atoms with Gasteiger partial charge in [-0.1, -0.05) is 11.6 Å². The molecule has 8 nitrogen and oxygen atoms in total. The van der Waals surface area contributed by atoms with Crippen molar-refractivity contribution in [2.45, 2.75) is 70.3 Å². The van der Waals surface area contributed by atoms with Gasteiger partial charge in [0.25, 0.3) is 5.91 Å². The number of carbonyl (C=O) groups is 1. The van der Waals surface area contributed by atoms with E-state index < -0.39 is 5.82 Å². The molecule has 3 aliphatic rings. The number of nitrogens with zero attached hydrogens (tertiary/aromatic N) is 5. The fourth-order valence-corrected chi connectivity index (χ4v) is 6.18. The number of benzene rings is 1. The van der Waals surface area contributed by atoms with Crippen molar-refractivity contribution in [1.29, 1.82) is 0 Å². The van der Waals surface area contributed by atoms with Crippen LogP contribution in [0.25, 0.3) is 5.65 Å². The van der Waals surface area contributed by atoms with Crippen LogP contribution in [0.5, 0.6) is 5.75 Å². The van der Waals surface area contributed by atoms with E-state index in [1.807, 2.05) is 6.92 Å². The first-order valence-corrected chi connectivity index (χ1v) is 12.9. The van der Waals surface area contributed by atoms with Crippen molar-refractivity contribution in [2.24, 2.45) is 0 Å². The fourth-order valence-electron chi connectivity index (χ4n) is 6.05. The van der Waals surface area contributed by atoms with Crippen molar-refractivity contribution in [3.63, 3.8) is 0 Å².